The van der Waals surface area contributed by atoms with Crippen LogP contribution in [0.3, 0.4) is 0 Å². The number of benzene rings is 2. The van der Waals surface area contributed by atoms with Crippen LogP contribution in [0, 0.1) is 0 Å². The first-order valence-corrected chi connectivity index (χ1v) is 9.80. The van der Waals surface area contributed by atoms with E-state index in [4.69, 9.17) is 10.7 Å². The zero-order valence-electron chi connectivity index (χ0n) is 16.0. The molecule has 0 amide bonds. The largest absolute Gasteiger partial charge is 0.393 e. The van der Waals surface area contributed by atoms with Gasteiger partial charge in [0.25, 0.3) is 5.92 Å². The van der Waals surface area contributed by atoms with Crippen LogP contribution in [0.25, 0.3) is 16.8 Å². The minimum absolute atomic E-state index is 0.0514. The molecule has 30 heavy (non-hydrogen) atoms. The van der Waals surface area contributed by atoms with Crippen LogP contribution in [-0.2, 0) is 5.92 Å². The maximum absolute atomic E-state index is 14.9. The van der Waals surface area contributed by atoms with Gasteiger partial charge in [-0.25, -0.2) is 9.97 Å². The highest BCUT2D eigenvalue weighted by Crippen LogP contribution is 2.40. The molecule has 2 heterocycles. The van der Waals surface area contributed by atoms with Gasteiger partial charge in [-0.05, 0) is 12.8 Å². The molecule has 1 fully saturated rings. The van der Waals surface area contributed by atoms with Crippen LogP contribution in [0.1, 0.15) is 35.7 Å². The summed E-state index contributed by atoms with van der Waals surface area (Å²) in [5.41, 5.74) is 7.93. The van der Waals surface area contributed by atoms with Crippen LogP contribution >= 0.6 is 0 Å². The minimum Gasteiger partial charge on any atom is -0.393 e. The van der Waals surface area contributed by atoms with E-state index in [0.717, 1.165) is 5.82 Å². The molecule has 5 nitrogen and oxygen atoms in total. The number of imidazole rings is 1. The topological polar surface area (TPSA) is 76.4 Å². The number of aromatic nitrogens is 3. The monoisotopic (exact) mass is 406 g/mol. The molecule has 1 saturated carbocycles. The third-order valence-electron chi connectivity index (χ3n) is 5.75. The van der Waals surface area contributed by atoms with Crippen LogP contribution < -0.4 is 5.73 Å². The Hall–Kier alpha value is -3.32. The molecule has 0 saturated heterocycles. The van der Waals surface area contributed by atoms with Gasteiger partial charge in [0.05, 0.1) is 6.10 Å². The Morgan fingerprint density at radius 2 is 1.67 bits per heavy atom. The number of alkyl halides is 2. The zero-order valence-corrected chi connectivity index (χ0v) is 16.0. The number of nitrogens with two attached hydrogens (primary N) is 1. The van der Waals surface area contributed by atoms with E-state index < -0.39 is 5.92 Å². The molecule has 152 valence electrons. The van der Waals surface area contributed by atoms with Crippen molar-refractivity contribution in [2.24, 2.45) is 0 Å². The van der Waals surface area contributed by atoms with E-state index in [0.29, 0.717) is 35.4 Å². The molecule has 2 aromatic heterocycles. The van der Waals surface area contributed by atoms with Crippen molar-refractivity contribution in [3.8, 4) is 11.3 Å². The number of hydrogen-bond acceptors (Lipinski definition) is 4. The van der Waals surface area contributed by atoms with Gasteiger partial charge < -0.3 is 10.8 Å². The van der Waals surface area contributed by atoms with Crippen molar-refractivity contribution in [1.82, 2.24) is 14.4 Å². The molecule has 3 N–H and O–H groups in total. The number of nitrogen functional groups attached to an aromatic ring is 1. The first kappa shape index (κ1) is 18.7. The van der Waals surface area contributed by atoms with Crippen molar-refractivity contribution in [2.45, 2.75) is 30.8 Å². The van der Waals surface area contributed by atoms with Gasteiger partial charge in [0.15, 0.2) is 0 Å². The first-order valence-electron chi connectivity index (χ1n) is 9.80. The van der Waals surface area contributed by atoms with E-state index in [1.165, 1.54) is 24.3 Å². The third kappa shape index (κ3) is 2.93. The number of fused-ring (bicyclic) bond motifs is 1. The summed E-state index contributed by atoms with van der Waals surface area (Å²) in [7, 11) is 0. The fraction of sp³-hybridized carbons (Fsp3) is 0.217. The number of halogens is 2. The summed E-state index contributed by atoms with van der Waals surface area (Å²) in [6.45, 7) is 0. The molecule has 7 heteroatoms. The summed E-state index contributed by atoms with van der Waals surface area (Å²) in [6.07, 6.45) is 4.37. The molecule has 0 aliphatic heterocycles. The summed E-state index contributed by atoms with van der Waals surface area (Å²) >= 11 is 0. The second-order valence-corrected chi connectivity index (χ2v) is 7.69. The Kier molecular flexibility index (Phi) is 4.29. The SMILES string of the molecule is Nc1nccn2c(C3CC(O)C3)nc(-c3ccc(C(F)(F)c4ccccc4)cc3)c12. The molecule has 5 rings (SSSR count). The van der Waals surface area contributed by atoms with E-state index in [1.807, 2.05) is 4.40 Å². The summed E-state index contributed by atoms with van der Waals surface area (Å²) in [6, 6.07) is 13.9. The number of rotatable bonds is 4. The molecule has 0 radical (unpaired) electrons. The molecular formula is C23H20F2N4O. The highest BCUT2D eigenvalue weighted by Gasteiger charge is 2.35. The van der Waals surface area contributed by atoms with Gasteiger partial charge in [-0.15, -0.1) is 0 Å². The lowest BCUT2D eigenvalue weighted by atomic mass is 9.82. The summed E-state index contributed by atoms with van der Waals surface area (Å²) in [5, 5.41) is 9.69. The van der Waals surface area contributed by atoms with Crippen LogP contribution in [0.4, 0.5) is 14.6 Å². The van der Waals surface area contributed by atoms with Crippen LogP contribution in [0.2, 0.25) is 0 Å². The second kappa shape index (κ2) is 6.88. The highest BCUT2D eigenvalue weighted by molar-refractivity contribution is 5.85. The molecular weight excluding hydrogens is 386 g/mol. The quantitative estimate of drug-likeness (QED) is 0.528. The Balaban J connectivity index is 1.57. The van der Waals surface area contributed by atoms with E-state index >= 15 is 0 Å². The Bertz CT molecular complexity index is 1200. The molecule has 1 aliphatic rings. The number of hydrogen-bond donors (Lipinski definition) is 2. The van der Waals surface area contributed by atoms with Gasteiger partial charge in [-0.2, -0.15) is 8.78 Å². The normalized spacial score (nSPS) is 19.0. The van der Waals surface area contributed by atoms with Crippen molar-refractivity contribution >= 4 is 11.3 Å². The first-order chi connectivity index (χ1) is 14.4. The fourth-order valence-corrected chi connectivity index (χ4v) is 4.03. The van der Waals surface area contributed by atoms with E-state index in [-0.39, 0.29) is 23.1 Å². The smallest absolute Gasteiger partial charge is 0.298 e. The molecule has 2 aromatic carbocycles. The van der Waals surface area contributed by atoms with Gasteiger partial charge in [0, 0.05) is 35.0 Å². The lowest BCUT2D eigenvalue weighted by Crippen LogP contribution is -2.27. The standard InChI is InChI=1S/C23H20F2N4O/c24-23(25,16-4-2-1-3-5-16)17-8-6-14(7-9-17)19-20-21(26)27-10-11-29(20)22(28-19)15-12-18(30)13-15/h1-11,15,18,30H,12-13H2,(H2,26,27). The Labute approximate surface area is 171 Å². The predicted molar refractivity (Wildman–Crippen MR) is 110 cm³/mol. The summed E-state index contributed by atoms with van der Waals surface area (Å²) < 4.78 is 31.6. The fourth-order valence-electron chi connectivity index (χ4n) is 4.03. The van der Waals surface area contributed by atoms with Crippen molar-refractivity contribution in [3.63, 3.8) is 0 Å². The van der Waals surface area contributed by atoms with Crippen LogP contribution in [-0.4, -0.2) is 25.6 Å². The zero-order chi connectivity index (χ0) is 20.9. The van der Waals surface area contributed by atoms with E-state index in [1.54, 1.807) is 42.7 Å². The van der Waals surface area contributed by atoms with Crippen LogP contribution in [0.5, 0.6) is 0 Å². The molecule has 0 atom stereocenters. The maximum Gasteiger partial charge on any atom is 0.298 e. The third-order valence-corrected chi connectivity index (χ3v) is 5.75. The predicted octanol–water partition coefficient (Wildman–Crippen LogP) is 4.36. The molecule has 0 bridgehead atoms. The van der Waals surface area contributed by atoms with Crippen molar-refractivity contribution in [1.29, 1.82) is 0 Å². The van der Waals surface area contributed by atoms with E-state index in [2.05, 4.69) is 4.98 Å². The number of anilines is 1. The van der Waals surface area contributed by atoms with E-state index in [9.17, 15) is 13.9 Å². The molecule has 4 aromatic rings. The summed E-state index contributed by atoms with van der Waals surface area (Å²) in [5.74, 6) is -1.84. The van der Waals surface area contributed by atoms with Crippen molar-refractivity contribution in [2.75, 3.05) is 5.73 Å². The molecule has 1 aliphatic carbocycles. The van der Waals surface area contributed by atoms with Gasteiger partial charge >= 0.3 is 0 Å². The Morgan fingerprint density at radius 3 is 2.33 bits per heavy atom. The Morgan fingerprint density at radius 1 is 1.00 bits per heavy atom. The van der Waals surface area contributed by atoms with Crippen LogP contribution in [0.15, 0.2) is 67.0 Å². The number of nitrogens with zero attached hydrogens (tertiary/aromatic N) is 3. The van der Waals surface area contributed by atoms with Crippen molar-refractivity contribution < 1.29 is 13.9 Å². The summed E-state index contributed by atoms with van der Waals surface area (Å²) in [4.78, 5) is 8.94. The van der Waals surface area contributed by atoms with Gasteiger partial charge in [-0.3, -0.25) is 4.40 Å². The van der Waals surface area contributed by atoms with Gasteiger partial charge in [-0.1, -0.05) is 54.6 Å². The van der Waals surface area contributed by atoms with Gasteiger partial charge in [0.1, 0.15) is 22.9 Å². The highest BCUT2D eigenvalue weighted by atomic mass is 19.3. The second-order valence-electron chi connectivity index (χ2n) is 7.69. The number of aliphatic hydroxyl groups is 1. The van der Waals surface area contributed by atoms with Gasteiger partial charge in [0.2, 0.25) is 0 Å². The average molecular weight is 406 g/mol. The average Bonchev–Trinajstić information content (AvgIpc) is 3.13. The lowest BCUT2D eigenvalue weighted by molar-refractivity contribution is 0.0428. The maximum atomic E-state index is 14.9. The number of aliphatic hydroxyl groups excluding tert-OH is 1. The van der Waals surface area contributed by atoms with Crippen molar-refractivity contribution in [3.05, 3.63) is 83.9 Å². The molecule has 0 spiro atoms. The lowest BCUT2D eigenvalue weighted by Gasteiger charge is -2.30. The minimum atomic E-state index is -3.09. The molecule has 0 unspecified atom stereocenters.